The van der Waals surface area contributed by atoms with Crippen LogP contribution in [0, 0.1) is 6.92 Å². The molecule has 5 nitrogen and oxygen atoms in total. The van der Waals surface area contributed by atoms with Gasteiger partial charge in [0.05, 0.1) is 7.11 Å². The number of methoxy groups -OCH3 is 1. The van der Waals surface area contributed by atoms with E-state index in [2.05, 4.69) is 10.2 Å². The number of phenols is 1. The highest BCUT2D eigenvalue weighted by molar-refractivity contribution is 5.59. The summed E-state index contributed by atoms with van der Waals surface area (Å²) in [6.45, 7) is 1.71. The van der Waals surface area contributed by atoms with Gasteiger partial charge < -0.3 is 14.3 Å². The number of hydrogen-bond acceptors (Lipinski definition) is 5. The number of aromatic hydroxyl groups is 1. The summed E-state index contributed by atoms with van der Waals surface area (Å²) in [6.07, 6.45) is 0. The van der Waals surface area contributed by atoms with Crippen LogP contribution in [0.5, 0.6) is 11.5 Å². The van der Waals surface area contributed by atoms with Crippen molar-refractivity contribution < 1.29 is 14.3 Å². The zero-order valence-corrected chi connectivity index (χ0v) is 8.39. The lowest BCUT2D eigenvalue weighted by Crippen LogP contribution is -1.84. The summed E-state index contributed by atoms with van der Waals surface area (Å²) in [5.41, 5.74) is 0.661. The normalized spacial score (nSPS) is 10.3. The number of benzene rings is 1. The third-order valence-electron chi connectivity index (χ3n) is 1.95. The molecule has 1 N–H and O–H groups in total. The lowest BCUT2D eigenvalue weighted by molar-refractivity contribution is 0.373. The maximum Gasteiger partial charge on any atom is 0.247 e. The van der Waals surface area contributed by atoms with E-state index in [1.165, 1.54) is 13.2 Å². The summed E-state index contributed by atoms with van der Waals surface area (Å²) in [5.74, 6) is 1.33. The highest BCUT2D eigenvalue weighted by Crippen LogP contribution is 2.30. The van der Waals surface area contributed by atoms with Crippen molar-refractivity contribution >= 4 is 0 Å². The fraction of sp³-hybridized carbons (Fsp3) is 0.200. The number of nitrogens with zero attached hydrogens (tertiary/aromatic N) is 2. The fourth-order valence-electron chi connectivity index (χ4n) is 1.24. The highest BCUT2D eigenvalue weighted by Gasteiger charge is 2.09. The van der Waals surface area contributed by atoms with Crippen LogP contribution in [0.15, 0.2) is 22.6 Å². The maximum atomic E-state index is 9.54. The fourth-order valence-corrected chi connectivity index (χ4v) is 1.24. The van der Waals surface area contributed by atoms with Crippen LogP contribution >= 0.6 is 0 Å². The van der Waals surface area contributed by atoms with Gasteiger partial charge in [0.15, 0.2) is 11.5 Å². The zero-order chi connectivity index (χ0) is 10.8. The molecule has 15 heavy (non-hydrogen) atoms. The van der Waals surface area contributed by atoms with E-state index >= 15 is 0 Å². The van der Waals surface area contributed by atoms with Crippen molar-refractivity contribution in [2.75, 3.05) is 7.11 Å². The van der Waals surface area contributed by atoms with Crippen LogP contribution in [-0.4, -0.2) is 22.4 Å². The number of phenolic OH excluding ortho intramolecular Hbond substituents is 1. The molecule has 0 amide bonds. The van der Waals surface area contributed by atoms with Gasteiger partial charge >= 0.3 is 0 Å². The van der Waals surface area contributed by atoms with E-state index in [1.54, 1.807) is 19.1 Å². The largest absolute Gasteiger partial charge is 0.504 e. The van der Waals surface area contributed by atoms with Crippen LogP contribution in [0.4, 0.5) is 0 Å². The average Bonchev–Trinajstić information content (AvgIpc) is 2.65. The minimum absolute atomic E-state index is 0.0471. The van der Waals surface area contributed by atoms with Crippen molar-refractivity contribution in [2.45, 2.75) is 6.92 Å². The smallest absolute Gasteiger partial charge is 0.247 e. The van der Waals surface area contributed by atoms with Crippen molar-refractivity contribution in [1.29, 1.82) is 0 Å². The molecule has 0 aliphatic heterocycles. The molecule has 0 aliphatic carbocycles. The van der Waals surface area contributed by atoms with E-state index in [0.717, 1.165) is 0 Å². The van der Waals surface area contributed by atoms with Crippen LogP contribution < -0.4 is 4.74 Å². The lowest BCUT2D eigenvalue weighted by Gasteiger charge is -2.03. The monoisotopic (exact) mass is 206 g/mol. The first-order chi connectivity index (χ1) is 7.20. The molecule has 0 saturated carbocycles. The Labute approximate surface area is 86.3 Å². The van der Waals surface area contributed by atoms with Gasteiger partial charge in [0, 0.05) is 12.5 Å². The second kappa shape index (κ2) is 3.61. The van der Waals surface area contributed by atoms with Gasteiger partial charge in [0.2, 0.25) is 11.8 Å². The number of ether oxygens (including phenoxy) is 1. The Balaban J connectivity index is 2.42. The number of aromatic nitrogens is 2. The van der Waals surface area contributed by atoms with Crippen molar-refractivity contribution in [3.05, 3.63) is 24.1 Å². The van der Waals surface area contributed by atoms with Crippen molar-refractivity contribution in [2.24, 2.45) is 0 Å². The molecule has 1 heterocycles. The Kier molecular flexibility index (Phi) is 2.29. The zero-order valence-electron chi connectivity index (χ0n) is 8.39. The van der Waals surface area contributed by atoms with E-state index in [4.69, 9.17) is 9.15 Å². The van der Waals surface area contributed by atoms with Crippen LogP contribution in [0.3, 0.4) is 0 Å². The predicted octanol–water partition coefficient (Wildman–Crippen LogP) is 1.76. The molecule has 0 atom stereocenters. The molecule has 2 aromatic rings. The van der Waals surface area contributed by atoms with E-state index in [0.29, 0.717) is 23.1 Å². The molecule has 78 valence electrons. The standard InChI is InChI=1S/C10H10N2O3/c1-6-11-12-10(15-6)7-3-4-9(14-2)8(13)5-7/h3-5,13H,1-2H3. The summed E-state index contributed by atoms with van der Waals surface area (Å²) in [7, 11) is 1.49. The van der Waals surface area contributed by atoms with Gasteiger partial charge in [-0.25, -0.2) is 0 Å². The summed E-state index contributed by atoms with van der Waals surface area (Å²) in [6, 6.07) is 4.90. The summed E-state index contributed by atoms with van der Waals surface area (Å²) < 4.78 is 10.1. The molecule has 1 aromatic carbocycles. The van der Waals surface area contributed by atoms with Crippen LogP contribution in [0.25, 0.3) is 11.5 Å². The van der Waals surface area contributed by atoms with Crippen molar-refractivity contribution in [3.8, 4) is 23.0 Å². The molecule has 0 spiro atoms. The van der Waals surface area contributed by atoms with Crippen LogP contribution in [-0.2, 0) is 0 Å². The molecular formula is C10H10N2O3. The van der Waals surface area contributed by atoms with Gasteiger partial charge in [-0.15, -0.1) is 10.2 Å². The molecule has 5 heteroatoms. The number of rotatable bonds is 2. The SMILES string of the molecule is COc1ccc(-c2nnc(C)o2)cc1O. The summed E-state index contributed by atoms with van der Waals surface area (Å²) in [5, 5.41) is 17.1. The van der Waals surface area contributed by atoms with Crippen LogP contribution in [0.2, 0.25) is 0 Å². The summed E-state index contributed by atoms with van der Waals surface area (Å²) >= 11 is 0. The van der Waals surface area contributed by atoms with Gasteiger partial charge in [-0.3, -0.25) is 0 Å². The molecule has 0 radical (unpaired) electrons. The van der Waals surface area contributed by atoms with Gasteiger partial charge in [-0.1, -0.05) is 0 Å². The molecule has 2 rings (SSSR count). The van der Waals surface area contributed by atoms with E-state index in [-0.39, 0.29) is 5.75 Å². The molecule has 0 aliphatic rings. The third-order valence-corrected chi connectivity index (χ3v) is 1.95. The van der Waals surface area contributed by atoms with Gasteiger partial charge in [-0.2, -0.15) is 0 Å². The number of hydrogen-bond donors (Lipinski definition) is 1. The van der Waals surface area contributed by atoms with E-state index < -0.39 is 0 Å². The first-order valence-electron chi connectivity index (χ1n) is 4.38. The molecule has 1 aromatic heterocycles. The van der Waals surface area contributed by atoms with E-state index in [9.17, 15) is 5.11 Å². The quantitative estimate of drug-likeness (QED) is 0.810. The predicted molar refractivity (Wildman–Crippen MR) is 52.7 cm³/mol. The van der Waals surface area contributed by atoms with Gasteiger partial charge in [-0.05, 0) is 18.2 Å². The number of aryl methyl sites for hydroxylation is 1. The Hall–Kier alpha value is -2.04. The Morgan fingerprint density at radius 3 is 2.67 bits per heavy atom. The average molecular weight is 206 g/mol. The van der Waals surface area contributed by atoms with E-state index in [1.807, 2.05) is 0 Å². The Morgan fingerprint density at radius 2 is 2.13 bits per heavy atom. The highest BCUT2D eigenvalue weighted by atomic mass is 16.5. The molecule has 0 bridgehead atoms. The Morgan fingerprint density at radius 1 is 1.33 bits per heavy atom. The second-order valence-corrected chi connectivity index (χ2v) is 3.01. The van der Waals surface area contributed by atoms with Gasteiger partial charge in [0.25, 0.3) is 0 Å². The minimum Gasteiger partial charge on any atom is -0.504 e. The third kappa shape index (κ3) is 1.76. The minimum atomic E-state index is 0.0471. The van der Waals surface area contributed by atoms with Crippen molar-refractivity contribution in [1.82, 2.24) is 10.2 Å². The summed E-state index contributed by atoms with van der Waals surface area (Å²) in [4.78, 5) is 0. The topological polar surface area (TPSA) is 68.4 Å². The molecule has 0 saturated heterocycles. The van der Waals surface area contributed by atoms with Gasteiger partial charge in [0.1, 0.15) is 0 Å². The maximum absolute atomic E-state index is 9.54. The second-order valence-electron chi connectivity index (χ2n) is 3.01. The lowest BCUT2D eigenvalue weighted by atomic mass is 10.2. The molecule has 0 fully saturated rings. The Bertz CT molecular complexity index is 479. The first kappa shape index (κ1) is 9.51. The first-order valence-corrected chi connectivity index (χ1v) is 4.38. The van der Waals surface area contributed by atoms with Crippen molar-refractivity contribution in [3.63, 3.8) is 0 Å². The molecule has 0 unspecified atom stereocenters. The van der Waals surface area contributed by atoms with Crippen LogP contribution in [0.1, 0.15) is 5.89 Å². The molecular weight excluding hydrogens is 196 g/mol.